The number of halogens is 1. The number of hydrogen-bond donors (Lipinski definition) is 3. The fourth-order valence-corrected chi connectivity index (χ4v) is 3.77. The van der Waals surface area contributed by atoms with E-state index in [2.05, 4.69) is 15.6 Å². The zero-order valence-electron chi connectivity index (χ0n) is 16.2. The van der Waals surface area contributed by atoms with Crippen LogP contribution in [0.25, 0.3) is 10.8 Å². The van der Waals surface area contributed by atoms with Crippen molar-refractivity contribution in [2.45, 2.75) is 0 Å². The SMILES string of the molecule is O=C(O)C(=O)Nc1nc(Oc2ccccc2Cl)sc1C(=O)Nc1ccc2ccccc2c1. The lowest BCUT2D eigenvalue weighted by Crippen LogP contribution is -2.23. The van der Waals surface area contributed by atoms with Crippen molar-refractivity contribution in [1.29, 1.82) is 0 Å². The number of carboxylic acid groups (broad SMARTS) is 1. The fraction of sp³-hybridized carbons (Fsp3) is 0. The van der Waals surface area contributed by atoms with Crippen molar-refractivity contribution in [1.82, 2.24) is 4.98 Å². The third-order valence-electron chi connectivity index (χ3n) is 4.28. The molecule has 0 saturated carbocycles. The first-order valence-electron chi connectivity index (χ1n) is 9.18. The molecule has 8 nitrogen and oxygen atoms in total. The fourth-order valence-electron chi connectivity index (χ4n) is 2.82. The average Bonchev–Trinajstić information content (AvgIpc) is 3.17. The molecule has 0 saturated heterocycles. The summed E-state index contributed by atoms with van der Waals surface area (Å²) in [6.07, 6.45) is 0. The first kappa shape index (κ1) is 21.3. The number of ether oxygens (including phenoxy) is 1. The van der Waals surface area contributed by atoms with Gasteiger partial charge in [-0.3, -0.25) is 14.9 Å². The maximum absolute atomic E-state index is 12.9. The number of nitrogens with zero attached hydrogens (tertiary/aromatic N) is 1. The minimum absolute atomic E-state index is 0.00227. The van der Waals surface area contributed by atoms with Gasteiger partial charge < -0.3 is 15.2 Å². The molecule has 4 aromatic rings. The number of carbonyl (C=O) groups is 3. The van der Waals surface area contributed by atoms with Crippen molar-refractivity contribution in [3.05, 3.63) is 76.6 Å². The van der Waals surface area contributed by atoms with Crippen LogP contribution in [0.15, 0.2) is 66.7 Å². The molecule has 3 aromatic carbocycles. The molecule has 0 fully saturated rings. The van der Waals surface area contributed by atoms with E-state index >= 15 is 0 Å². The van der Waals surface area contributed by atoms with Gasteiger partial charge in [-0.25, -0.2) is 4.79 Å². The highest BCUT2D eigenvalue weighted by Crippen LogP contribution is 2.35. The lowest BCUT2D eigenvalue weighted by atomic mass is 10.1. The van der Waals surface area contributed by atoms with Crippen LogP contribution in [0.2, 0.25) is 5.02 Å². The number of carboxylic acids is 1. The van der Waals surface area contributed by atoms with Gasteiger partial charge in [0.15, 0.2) is 5.82 Å². The van der Waals surface area contributed by atoms with Gasteiger partial charge in [-0.1, -0.05) is 65.4 Å². The Morgan fingerprint density at radius 1 is 0.938 bits per heavy atom. The van der Waals surface area contributed by atoms with Crippen LogP contribution in [0.5, 0.6) is 10.9 Å². The van der Waals surface area contributed by atoms with Gasteiger partial charge >= 0.3 is 11.9 Å². The van der Waals surface area contributed by atoms with E-state index in [1.807, 2.05) is 30.3 Å². The molecule has 0 atom stereocenters. The quantitative estimate of drug-likeness (QED) is 0.355. The van der Waals surface area contributed by atoms with Gasteiger partial charge in [0.2, 0.25) is 0 Å². The van der Waals surface area contributed by atoms with Crippen molar-refractivity contribution in [2.75, 3.05) is 10.6 Å². The van der Waals surface area contributed by atoms with Crippen molar-refractivity contribution in [2.24, 2.45) is 0 Å². The number of para-hydroxylation sites is 1. The molecule has 0 aliphatic rings. The van der Waals surface area contributed by atoms with Crippen molar-refractivity contribution >= 4 is 63.0 Å². The monoisotopic (exact) mass is 467 g/mol. The summed E-state index contributed by atoms with van der Waals surface area (Å²) in [4.78, 5) is 39.6. The molecule has 2 amide bonds. The molecule has 160 valence electrons. The standard InChI is InChI=1S/C22H14ClN3O5S/c23-15-7-3-4-8-16(15)31-22-26-18(25-20(28)21(29)30)17(32-22)19(27)24-14-10-9-12-5-1-2-6-13(12)11-14/h1-11H,(H,24,27)(H,25,28)(H,29,30). The summed E-state index contributed by atoms with van der Waals surface area (Å²) in [5, 5.41) is 16.0. The van der Waals surface area contributed by atoms with Crippen LogP contribution in [-0.2, 0) is 9.59 Å². The first-order valence-corrected chi connectivity index (χ1v) is 10.4. The Kier molecular flexibility index (Phi) is 6.02. The summed E-state index contributed by atoms with van der Waals surface area (Å²) in [5.74, 6) is -3.58. The first-order chi connectivity index (χ1) is 15.4. The topological polar surface area (TPSA) is 118 Å². The molecule has 4 rings (SSSR count). The Morgan fingerprint density at radius 3 is 2.41 bits per heavy atom. The molecule has 0 spiro atoms. The molecule has 0 unspecified atom stereocenters. The van der Waals surface area contributed by atoms with Crippen LogP contribution in [-0.4, -0.2) is 27.9 Å². The third kappa shape index (κ3) is 4.69. The number of rotatable bonds is 5. The van der Waals surface area contributed by atoms with Crippen LogP contribution < -0.4 is 15.4 Å². The molecule has 1 aromatic heterocycles. The Bertz CT molecular complexity index is 1350. The van der Waals surface area contributed by atoms with Crippen LogP contribution in [0, 0.1) is 0 Å². The van der Waals surface area contributed by atoms with Crippen LogP contribution in [0.3, 0.4) is 0 Å². The number of fused-ring (bicyclic) bond motifs is 1. The molecule has 0 bridgehead atoms. The summed E-state index contributed by atoms with van der Waals surface area (Å²) in [7, 11) is 0. The number of anilines is 2. The largest absolute Gasteiger partial charge is 0.474 e. The number of benzene rings is 3. The molecular weight excluding hydrogens is 454 g/mol. The van der Waals surface area contributed by atoms with Gasteiger partial charge in [0.1, 0.15) is 10.6 Å². The number of hydrogen-bond acceptors (Lipinski definition) is 6. The average molecular weight is 468 g/mol. The Labute approximate surface area is 190 Å². The van der Waals surface area contributed by atoms with Crippen molar-refractivity contribution < 1.29 is 24.2 Å². The number of aliphatic carboxylic acids is 1. The second-order valence-corrected chi connectivity index (χ2v) is 7.83. The van der Waals surface area contributed by atoms with Gasteiger partial charge in [-0.15, -0.1) is 0 Å². The van der Waals surface area contributed by atoms with Crippen LogP contribution in [0.4, 0.5) is 11.5 Å². The lowest BCUT2D eigenvalue weighted by molar-refractivity contribution is -0.147. The highest BCUT2D eigenvalue weighted by Gasteiger charge is 2.24. The second-order valence-electron chi connectivity index (χ2n) is 6.47. The minimum atomic E-state index is -1.72. The number of aromatic nitrogens is 1. The van der Waals surface area contributed by atoms with Gasteiger partial charge in [-0.05, 0) is 35.0 Å². The van der Waals surface area contributed by atoms with Gasteiger partial charge in [-0.2, -0.15) is 4.98 Å². The molecule has 0 radical (unpaired) electrons. The normalized spacial score (nSPS) is 10.5. The number of nitrogens with one attached hydrogen (secondary N) is 2. The smallest absolute Gasteiger partial charge is 0.394 e. The Hall–Kier alpha value is -3.95. The molecule has 1 heterocycles. The second kappa shape index (κ2) is 9.04. The Balaban J connectivity index is 1.64. The van der Waals surface area contributed by atoms with E-state index in [4.69, 9.17) is 21.4 Å². The molecule has 3 N–H and O–H groups in total. The van der Waals surface area contributed by atoms with E-state index in [1.54, 1.807) is 36.4 Å². The summed E-state index contributed by atoms with van der Waals surface area (Å²) >= 11 is 6.93. The van der Waals surface area contributed by atoms with E-state index in [0.717, 1.165) is 22.1 Å². The van der Waals surface area contributed by atoms with E-state index in [1.165, 1.54) is 0 Å². The highest BCUT2D eigenvalue weighted by molar-refractivity contribution is 7.16. The highest BCUT2D eigenvalue weighted by atomic mass is 35.5. The zero-order valence-corrected chi connectivity index (χ0v) is 17.7. The number of amides is 2. The minimum Gasteiger partial charge on any atom is -0.474 e. The summed E-state index contributed by atoms with van der Waals surface area (Å²) < 4.78 is 5.63. The summed E-state index contributed by atoms with van der Waals surface area (Å²) in [5.41, 5.74) is 0.520. The van der Waals surface area contributed by atoms with E-state index < -0.39 is 17.8 Å². The lowest BCUT2D eigenvalue weighted by Gasteiger charge is -2.06. The van der Waals surface area contributed by atoms with E-state index in [0.29, 0.717) is 16.5 Å². The predicted molar refractivity (Wildman–Crippen MR) is 122 cm³/mol. The molecular formula is C22H14ClN3O5S. The summed E-state index contributed by atoms with van der Waals surface area (Å²) in [6.45, 7) is 0. The van der Waals surface area contributed by atoms with Gasteiger partial charge in [0.05, 0.1) is 5.02 Å². The van der Waals surface area contributed by atoms with Crippen molar-refractivity contribution in [3.63, 3.8) is 0 Å². The molecule has 0 aliphatic carbocycles. The van der Waals surface area contributed by atoms with Gasteiger partial charge in [0, 0.05) is 5.69 Å². The van der Waals surface area contributed by atoms with Crippen LogP contribution in [0.1, 0.15) is 9.67 Å². The molecule has 32 heavy (non-hydrogen) atoms. The van der Waals surface area contributed by atoms with E-state index in [9.17, 15) is 14.4 Å². The zero-order chi connectivity index (χ0) is 22.7. The predicted octanol–water partition coefficient (Wildman–Crippen LogP) is 5.02. The molecule has 10 heteroatoms. The number of carbonyl (C=O) groups excluding carboxylic acids is 2. The molecule has 0 aliphatic heterocycles. The maximum atomic E-state index is 12.9. The maximum Gasteiger partial charge on any atom is 0.394 e. The van der Waals surface area contributed by atoms with E-state index in [-0.39, 0.29) is 15.9 Å². The third-order valence-corrected chi connectivity index (χ3v) is 5.53. The number of thiazole rings is 1. The van der Waals surface area contributed by atoms with Crippen LogP contribution >= 0.6 is 22.9 Å². The van der Waals surface area contributed by atoms with Crippen molar-refractivity contribution in [3.8, 4) is 10.9 Å². The summed E-state index contributed by atoms with van der Waals surface area (Å²) in [6, 6.07) is 19.7. The van der Waals surface area contributed by atoms with Gasteiger partial charge in [0.25, 0.3) is 11.1 Å². The Morgan fingerprint density at radius 2 is 1.66 bits per heavy atom.